The van der Waals surface area contributed by atoms with E-state index in [-0.39, 0.29) is 17.7 Å². The van der Waals surface area contributed by atoms with E-state index in [1.54, 1.807) is 23.0 Å². The molecule has 5 rings (SSSR count). The number of rotatable bonds is 6. The van der Waals surface area contributed by atoms with Gasteiger partial charge in [-0.15, -0.1) is 16.4 Å². The number of amides is 1. The summed E-state index contributed by atoms with van der Waals surface area (Å²) in [6, 6.07) is 6.28. The van der Waals surface area contributed by atoms with Crippen molar-refractivity contribution in [3.8, 4) is 10.4 Å². The first-order chi connectivity index (χ1) is 18.0. The van der Waals surface area contributed by atoms with Crippen molar-refractivity contribution in [2.24, 2.45) is 5.73 Å². The Bertz CT molecular complexity index is 1480. The number of thiazole rings is 1. The molecule has 10 nitrogen and oxygen atoms in total. The molecular formula is C24H23F3N8O2S. The number of aliphatic hydroxyl groups is 1. The van der Waals surface area contributed by atoms with Crippen LogP contribution in [0.3, 0.4) is 0 Å². The number of carbonyl (C=O) groups excluding carboxylic acids is 1. The van der Waals surface area contributed by atoms with Crippen molar-refractivity contribution in [3.05, 3.63) is 64.8 Å². The van der Waals surface area contributed by atoms with Crippen LogP contribution in [-0.4, -0.2) is 41.0 Å². The van der Waals surface area contributed by atoms with Crippen LogP contribution in [0.15, 0.2) is 42.9 Å². The molecule has 0 unspecified atom stereocenters. The molecule has 1 aromatic carbocycles. The van der Waals surface area contributed by atoms with E-state index in [4.69, 9.17) is 5.73 Å². The molecule has 4 aromatic rings. The number of primary amides is 1. The summed E-state index contributed by atoms with van der Waals surface area (Å²) >= 11 is 1.36. The molecule has 3 heterocycles. The molecule has 0 spiro atoms. The Morgan fingerprint density at radius 3 is 2.68 bits per heavy atom. The normalized spacial score (nSPS) is 19.9. The van der Waals surface area contributed by atoms with Gasteiger partial charge in [-0.2, -0.15) is 13.2 Å². The fraction of sp³-hybridized carbons (Fsp3) is 0.333. The summed E-state index contributed by atoms with van der Waals surface area (Å²) < 4.78 is 40.7. The van der Waals surface area contributed by atoms with Crippen LogP contribution in [0, 0.1) is 6.92 Å². The van der Waals surface area contributed by atoms with Gasteiger partial charge in [0.05, 0.1) is 17.1 Å². The number of nitrogens with zero attached hydrogens (tertiary/aromatic N) is 6. The summed E-state index contributed by atoms with van der Waals surface area (Å²) in [5.41, 5.74) is 5.40. The van der Waals surface area contributed by atoms with E-state index in [0.717, 1.165) is 28.3 Å². The fourth-order valence-corrected chi connectivity index (χ4v) is 5.50. The van der Waals surface area contributed by atoms with Gasteiger partial charge in [0, 0.05) is 18.1 Å². The number of carbonyl (C=O) groups is 1. The lowest BCUT2D eigenvalue weighted by molar-refractivity contribution is -0.141. The molecule has 1 saturated carbocycles. The number of anilines is 2. The SMILES string of the molecule is Cc1cc(Nc2nccc(C(F)(F)F)n2)cc(-c2cnc(C3(O)CCC(n4cc(C(N)=O)nn4)CC3)s2)c1. The summed E-state index contributed by atoms with van der Waals surface area (Å²) in [7, 11) is 0. The molecule has 1 aliphatic rings. The molecule has 0 aliphatic heterocycles. The smallest absolute Gasteiger partial charge is 0.383 e. The van der Waals surface area contributed by atoms with Gasteiger partial charge in [0.15, 0.2) is 5.69 Å². The average Bonchev–Trinajstić information content (AvgIpc) is 3.55. The zero-order valence-corrected chi connectivity index (χ0v) is 20.9. The number of aryl methyl sites for hydroxylation is 1. The molecule has 4 N–H and O–H groups in total. The Balaban J connectivity index is 1.31. The maximum absolute atomic E-state index is 13.0. The van der Waals surface area contributed by atoms with E-state index in [9.17, 15) is 23.1 Å². The number of halogens is 3. The first-order valence-electron chi connectivity index (χ1n) is 11.7. The lowest BCUT2D eigenvalue weighted by atomic mass is 9.82. The molecule has 0 saturated heterocycles. The van der Waals surface area contributed by atoms with Crippen molar-refractivity contribution in [2.45, 2.75) is 50.4 Å². The Hall–Kier alpha value is -3.91. The molecule has 0 atom stereocenters. The highest BCUT2D eigenvalue weighted by molar-refractivity contribution is 7.15. The van der Waals surface area contributed by atoms with Gasteiger partial charge in [0.2, 0.25) is 5.95 Å². The average molecular weight is 545 g/mol. The Kier molecular flexibility index (Phi) is 6.61. The molecule has 1 fully saturated rings. The summed E-state index contributed by atoms with van der Waals surface area (Å²) in [4.78, 5) is 24.0. The molecular weight excluding hydrogens is 521 g/mol. The molecule has 3 aromatic heterocycles. The van der Waals surface area contributed by atoms with Crippen LogP contribution >= 0.6 is 11.3 Å². The van der Waals surface area contributed by atoms with Gasteiger partial charge in [-0.1, -0.05) is 11.3 Å². The van der Waals surface area contributed by atoms with Crippen molar-refractivity contribution in [1.82, 2.24) is 29.9 Å². The number of alkyl halides is 3. The third-order valence-electron chi connectivity index (χ3n) is 6.39. The van der Waals surface area contributed by atoms with E-state index in [2.05, 4.69) is 30.6 Å². The van der Waals surface area contributed by atoms with Crippen LogP contribution in [-0.2, 0) is 11.8 Å². The van der Waals surface area contributed by atoms with Gasteiger partial charge in [0.1, 0.15) is 16.3 Å². The topological polar surface area (TPSA) is 145 Å². The minimum atomic E-state index is -4.57. The van der Waals surface area contributed by atoms with E-state index >= 15 is 0 Å². The number of nitrogens with two attached hydrogens (primary N) is 1. The fourth-order valence-electron chi connectivity index (χ4n) is 4.45. The predicted molar refractivity (Wildman–Crippen MR) is 133 cm³/mol. The molecule has 14 heteroatoms. The highest BCUT2D eigenvalue weighted by Crippen LogP contribution is 2.44. The van der Waals surface area contributed by atoms with Crippen LogP contribution in [0.25, 0.3) is 10.4 Å². The molecule has 198 valence electrons. The van der Waals surface area contributed by atoms with Crippen LogP contribution in [0.4, 0.5) is 24.8 Å². The van der Waals surface area contributed by atoms with Crippen molar-refractivity contribution < 1.29 is 23.1 Å². The van der Waals surface area contributed by atoms with E-state index in [1.165, 1.54) is 17.5 Å². The minimum Gasteiger partial charge on any atom is -0.383 e. The first kappa shape index (κ1) is 25.7. The highest BCUT2D eigenvalue weighted by Gasteiger charge is 2.38. The zero-order valence-electron chi connectivity index (χ0n) is 20.1. The summed E-state index contributed by atoms with van der Waals surface area (Å²) in [6.07, 6.45) is 1.81. The second-order valence-corrected chi connectivity index (χ2v) is 10.2. The first-order valence-corrected chi connectivity index (χ1v) is 12.5. The van der Waals surface area contributed by atoms with Gasteiger partial charge in [-0.25, -0.2) is 19.6 Å². The second-order valence-electron chi connectivity index (χ2n) is 9.22. The largest absolute Gasteiger partial charge is 0.433 e. The third-order valence-corrected chi connectivity index (χ3v) is 7.63. The molecule has 1 aliphatic carbocycles. The number of hydrogen-bond acceptors (Lipinski definition) is 9. The maximum atomic E-state index is 13.0. The van der Waals surface area contributed by atoms with E-state index < -0.39 is 23.4 Å². The van der Waals surface area contributed by atoms with Crippen LogP contribution in [0.2, 0.25) is 0 Å². The van der Waals surface area contributed by atoms with Crippen molar-refractivity contribution in [1.29, 1.82) is 0 Å². The summed E-state index contributed by atoms with van der Waals surface area (Å²) in [5.74, 6) is -0.807. The summed E-state index contributed by atoms with van der Waals surface area (Å²) in [5, 5.41) is 22.6. The minimum absolute atomic E-state index is 0.0150. The monoisotopic (exact) mass is 544 g/mol. The summed E-state index contributed by atoms with van der Waals surface area (Å²) in [6.45, 7) is 1.87. The van der Waals surface area contributed by atoms with Gasteiger partial charge < -0.3 is 16.2 Å². The molecule has 38 heavy (non-hydrogen) atoms. The van der Waals surface area contributed by atoms with Crippen LogP contribution < -0.4 is 11.1 Å². The van der Waals surface area contributed by atoms with Gasteiger partial charge in [0.25, 0.3) is 5.91 Å². The van der Waals surface area contributed by atoms with Crippen molar-refractivity contribution >= 4 is 28.9 Å². The Morgan fingerprint density at radius 2 is 2.00 bits per heavy atom. The molecule has 0 bridgehead atoms. The van der Waals surface area contributed by atoms with Crippen LogP contribution in [0.5, 0.6) is 0 Å². The standard InChI is InChI=1S/C24H23F3N8O2S/c1-13-8-14(10-15(9-13)31-22-29-7-4-19(32-22)24(25,26)27)18-11-30-21(38-18)23(37)5-2-16(3-6-23)35-12-17(20(28)36)33-34-35/h4,7-12,16,37H,2-3,5-6H2,1H3,(H2,28,36)(H,29,31,32). The third kappa shape index (κ3) is 5.36. The van der Waals surface area contributed by atoms with Gasteiger partial charge in [-0.3, -0.25) is 4.79 Å². The quantitative estimate of drug-likeness (QED) is 0.325. The van der Waals surface area contributed by atoms with Crippen molar-refractivity contribution in [2.75, 3.05) is 5.32 Å². The Labute approximate surface area is 218 Å². The Morgan fingerprint density at radius 1 is 1.24 bits per heavy atom. The lowest BCUT2D eigenvalue weighted by Crippen LogP contribution is -2.32. The number of aromatic nitrogens is 6. The van der Waals surface area contributed by atoms with Gasteiger partial charge in [-0.05, 0) is 61.9 Å². The van der Waals surface area contributed by atoms with E-state index in [0.29, 0.717) is 36.4 Å². The van der Waals surface area contributed by atoms with Crippen molar-refractivity contribution in [3.63, 3.8) is 0 Å². The predicted octanol–water partition coefficient (Wildman–Crippen LogP) is 4.36. The molecule has 1 amide bonds. The van der Waals surface area contributed by atoms with Gasteiger partial charge >= 0.3 is 6.18 Å². The number of benzene rings is 1. The lowest BCUT2D eigenvalue weighted by Gasteiger charge is -2.34. The number of nitrogens with one attached hydrogen (secondary N) is 1. The van der Waals surface area contributed by atoms with E-state index in [1.807, 2.05) is 13.0 Å². The molecule has 0 radical (unpaired) electrons. The van der Waals surface area contributed by atoms with Crippen LogP contribution in [0.1, 0.15) is 58.5 Å². The number of hydrogen-bond donors (Lipinski definition) is 3. The maximum Gasteiger partial charge on any atom is 0.433 e. The highest BCUT2D eigenvalue weighted by atomic mass is 32.1. The second kappa shape index (κ2) is 9.76. The zero-order chi connectivity index (χ0) is 27.1.